The minimum Gasteiger partial charge on any atom is -0.465 e. The lowest BCUT2D eigenvalue weighted by Gasteiger charge is -2.54. The molecular weight excluding hydrogens is 146 g/mol. The van der Waals surface area contributed by atoms with Crippen molar-refractivity contribution in [3.05, 3.63) is 0 Å². The average Bonchev–Trinajstić information content (AvgIpc) is 1.75. The van der Waals surface area contributed by atoms with Crippen LogP contribution >= 0.6 is 0 Å². The van der Waals surface area contributed by atoms with Crippen molar-refractivity contribution in [3.8, 4) is 0 Å². The van der Waals surface area contributed by atoms with Crippen molar-refractivity contribution >= 4 is 12.0 Å². The Morgan fingerprint density at radius 3 is 2.36 bits per heavy atom. The van der Waals surface area contributed by atoms with Crippen molar-refractivity contribution in [2.75, 3.05) is 0 Å². The summed E-state index contributed by atoms with van der Waals surface area (Å²) in [5, 5.41) is 8.61. The van der Waals surface area contributed by atoms with E-state index in [-0.39, 0.29) is 11.4 Å². The highest BCUT2D eigenvalue weighted by molar-refractivity contribution is 5.98. The number of carboxylic acid groups (broad SMARTS) is 1. The third-order valence-corrected chi connectivity index (χ3v) is 2.68. The molecule has 0 aromatic heterocycles. The van der Waals surface area contributed by atoms with Crippen molar-refractivity contribution in [1.29, 1.82) is 0 Å². The molecule has 2 aliphatic rings. The topological polar surface area (TPSA) is 57.6 Å². The molecule has 60 valence electrons. The maximum Gasteiger partial charge on any atom is 0.414 e. The molecular formula is C7H9NO3. The molecule has 2 amide bonds. The number of amides is 2. The molecule has 11 heavy (non-hydrogen) atoms. The first-order chi connectivity index (χ1) is 5.16. The lowest BCUT2D eigenvalue weighted by Crippen LogP contribution is -2.68. The van der Waals surface area contributed by atoms with Crippen LogP contribution in [0.5, 0.6) is 0 Å². The van der Waals surface area contributed by atoms with Crippen LogP contribution in [0.2, 0.25) is 0 Å². The van der Waals surface area contributed by atoms with E-state index in [2.05, 4.69) is 0 Å². The van der Waals surface area contributed by atoms with Crippen LogP contribution in [0.4, 0.5) is 4.79 Å². The zero-order chi connectivity index (χ0) is 8.06. The van der Waals surface area contributed by atoms with Crippen LogP contribution < -0.4 is 0 Å². The van der Waals surface area contributed by atoms with E-state index in [1.807, 2.05) is 0 Å². The van der Waals surface area contributed by atoms with Crippen LogP contribution in [-0.4, -0.2) is 27.5 Å². The second-order valence-corrected chi connectivity index (χ2v) is 3.27. The molecule has 1 aliphatic carbocycles. The van der Waals surface area contributed by atoms with E-state index in [9.17, 15) is 9.59 Å². The van der Waals surface area contributed by atoms with E-state index in [0.717, 1.165) is 24.2 Å². The Morgan fingerprint density at radius 2 is 2.18 bits per heavy atom. The van der Waals surface area contributed by atoms with Crippen LogP contribution in [0.25, 0.3) is 0 Å². The van der Waals surface area contributed by atoms with Gasteiger partial charge in [-0.05, 0) is 19.3 Å². The van der Waals surface area contributed by atoms with E-state index in [4.69, 9.17) is 5.11 Å². The number of carbonyl (C=O) groups excluding carboxylic acids is 1. The molecule has 0 bridgehead atoms. The zero-order valence-corrected chi connectivity index (χ0v) is 6.04. The van der Waals surface area contributed by atoms with Gasteiger partial charge in [0.25, 0.3) is 0 Å². The Hall–Kier alpha value is -1.06. The van der Waals surface area contributed by atoms with Gasteiger partial charge in [0, 0.05) is 0 Å². The second-order valence-electron chi connectivity index (χ2n) is 3.27. The number of imide groups is 1. The van der Waals surface area contributed by atoms with E-state index >= 15 is 0 Å². The summed E-state index contributed by atoms with van der Waals surface area (Å²) < 4.78 is 0. The van der Waals surface area contributed by atoms with Gasteiger partial charge in [-0.1, -0.05) is 0 Å². The van der Waals surface area contributed by atoms with Gasteiger partial charge < -0.3 is 5.11 Å². The molecule has 4 nitrogen and oxygen atoms in total. The largest absolute Gasteiger partial charge is 0.465 e. The highest BCUT2D eigenvalue weighted by Crippen LogP contribution is 2.47. The minimum absolute atomic E-state index is 0.239. The van der Waals surface area contributed by atoms with E-state index in [0.29, 0.717) is 6.42 Å². The highest BCUT2D eigenvalue weighted by atomic mass is 16.4. The maximum absolute atomic E-state index is 10.8. The number of nitrogens with zero attached hydrogens (tertiary/aromatic N) is 1. The molecule has 1 spiro atoms. The van der Waals surface area contributed by atoms with Gasteiger partial charge in [0.1, 0.15) is 0 Å². The summed E-state index contributed by atoms with van der Waals surface area (Å²) in [6.45, 7) is 0. The van der Waals surface area contributed by atoms with Gasteiger partial charge in [-0.25, -0.2) is 9.69 Å². The third-order valence-electron chi connectivity index (χ3n) is 2.68. The van der Waals surface area contributed by atoms with Gasteiger partial charge in [0.2, 0.25) is 5.91 Å². The number of hydrogen-bond donors (Lipinski definition) is 1. The minimum atomic E-state index is -1.08. The molecule has 1 heterocycles. The summed E-state index contributed by atoms with van der Waals surface area (Å²) in [7, 11) is 0. The summed E-state index contributed by atoms with van der Waals surface area (Å²) in [5.74, 6) is -0.239. The molecule has 0 unspecified atom stereocenters. The first-order valence-corrected chi connectivity index (χ1v) is 3.72. The first kappa shape index (κ1) is 6.64. The Balaban J connectivity index is 2.16. The normalized spacial score (nSPS) is 26.2. The van der Waals surface area contributed by atoms with Crippen molar-refractivity contribution in [1.82, 2.24) is 4.90 Å². The molecule has 0 atom stereocenters. The van der Waals surface area contributed by atoms with Crippen molar-refractivity contribution in [2.45, 2.75) is 31.2 Å². The van der Waals surface area contributed by atoms with Crippen molar-refractivity contribution in [2.24, 2.45) is 0 Å². The molecule has 2 rings (SSSR count). The van der Waals surface area contributed by atoms with Crippen molar-refractivity contribution < 1.29 is 14.7 Å². The lowest BCUT2D eigenvalue weighted by atomic mass is 9.68. The van der Waals surface area contributed by atoms with E-state index in [1.54, 1.807) is 0 Å². The van der Waals surface area contributed by atoms with Gasteiger partial charge >= 0.3 is 6.09 Å². The number of likely N-dealkylation sites (tertiary alicyclic amines) is 1. The summed E-state index contributed by atoms with van der Waals surface area (Å²) in [4.78, 5) is 22.3. The molecule has 0 aromatic carbocycles. The monoisotopic (exact) mass is 155 g/mol. The summed E-state index contributed by atoms with van der Waals surface area (Å²) >= 11 is 0. The van der Waals surface area contributed by atoms with E-state index in [1.165, 1.54) is 0 Å². The SMILES string of the molecule is O=C(O)N1C(=O)CC12CCC2. The van der Waals surface area contributed by atoms with Gasteiger partial charge in [-0.3, -0.25) is 4.79 Å². The van der Waals surface area contributed by atoms with E-state index < -0.39 is 6.09 Å². The fourth-order valence-corrected chi connectivity index (χ4v) is 1.91. The number of carbonyl (C=O) groups is 2. The van der Waals surface area contributed by atoms with Gasteiger partial charge in [0.15, 0.2) is 0 Å². The molecule has 1 N–H and O–H groups in total. The second kappa shape index (κ2) is 1.75. The highest BCUT2D eigenvalue weighted by Gasteiger charge is 2.57. The van der Waals surface area contributed by atoms with Crippen LogP contribution in [0.3, 0.4) is 0 Å². The predicted octanol–water partition coefficient (Wildman–Crippen LogP) is 0.819. The summed E-state index contributed by atoms with van der Waals surface area (Å²) in [6.07, 6.45) is 2.15. The smallest absolute Gasteiger partial charge is 0.414 e. The Bertz CT molecular complexity index is 224. The Kier molecular flexibility index (Phi) is 1.06. The third kappa shape index (κ3) is 0.640. The fraction of sp³-hybridized carbons (Fsp3) is 0.714. The quantitative estimate of drug-likeness (QED) is 0.527. The lowest BCUT2D eigenvalue weighted by molar-refractivity contribution is -0.159. The molecule has 2 fully saturated rings. The Labute approximate surface area is 63.8 Å². The van der Waals surface area contributed by atoms with Crippen LogP contribution in [0.15, 0.2) is 0 Å². The number of rotatable bonds is 0. The molecule has 4 heteroatoms. The molecule has 1 saturated heterocycles. The van der Waals surface area contributed by atoms with Crippen molar-refractivity contribution in [3.63, 3.8) is 0 Å². The number of β-lactam (4-membered cyclic amide) rings is 1. The average molecular weight is 155 g/mol. The Morgan fingerprint density at radius 1 is 1.55 bits per heavy atom. The zero-order valence-electron chi connectivity index (χ0n) is 6.04. The first-order valence-electron chi connectivity index (χ1n) is 3.72. The van der Waals surface area contributed by atoms with Crippen LogP contribution in [0.1, 0.15) is 25.7 Å². The molecule has 0 radical (unpaired) electrons. The van der Waals surface area contributed by atoms with Crippen LogP contribution in [0, 0.1) is 0 Å². The van der Waals surface area contributed by atoms with Crippen LogP contribution in [-0.2, 0) is 4.79 Å². The molecule has 1 aliphatic heterocycles. The summed E-state index contributed by atoms with van der Waals surface area (Å²) in [5.41, 5.74) is -0.261. The molecule has 1 saturated carbocycles. The standard InChI is InChI=1S/C7H9NO3/c9-5-4-7(2-1-3-7)8(5)6(10)11/h1-4H2,(H,10,11). The maximum atomic E-state index is 10.8. The predicted molar refractivity (Wildman–Crippen MR) is 36.1 cm³/mol. The molecule has 0 aromatic rings. The van der Waals surface area contributed by atoms with Gasteiger partial charge in [-0.15, -0.1) is 0 Å². The van der Waals surface area contributed by atoms with Gasteiger partial charge in [-0.2, -0.15) is 0 Å². The van der Waals surface area contributed by atoms with Gasteiger partial charge in [0.05, 0.1) is 12.0 Å². The fourth-order valence-electron chi connectivity index (χ4n) is 1.91. The summed E-state index contributed by atoms with van der Waals surface area (Å²) in [6, 6.07) is 0. The number of hydrogen-bond acceptors (Lipinski definition) is 2.